The van der Waals surface area contributed by atoms with Crippen molar-refractivity contribution in [1.82, 2.24) is 0 Å². The molecule has 0 amide bonds. The monoisotopic (exact) mass is 140 g/mol. The van der Waals surface area contributed by atoms with Gasteiger partial charge in [-0.3, -0.25) is 0 Å². The van der Waals surface area contributed by atoms with Crippen molar-refractivity contribution in [3.8, 4) is 0 Å². The van der Waals surface area contributed by atoms with E-state index >= 15 is 0 Å². The molecule has 1 atom stereocenters. The normalized spacial score (nSPS) is 25.8. The van der Waals surface area contributed by atoms with Crippen LogP contribution >= 0.6 is 0 Å². The summed E-state index contributed by atoms with van der Waals surface area (Å²) in [5.74, 6) is 0.517. The Labute approximate surface area is 61.4 Å². The molecular weight excluding hydrogens is 127 g/mol. The van der Waals surface area contributed by atoms with E-state index in [1.807, 2.05) is 13.8 Å². The maximum absolute atomic E-state index is 12.9. The molecule has 0 fully saturated rings. The van der Waals surface area contributed by atoms with E-state index in [9.17, 15) is 4.39 Å². The molecule has 56 valence electrons. The van der Waals surface area contributed by atoms with Gasteiger partial charge in [0.05, 0.1) is 0 Å². The Hall–Kier alpha value is -0.590. The maximum Gasteiger partial charge on any atom is 0.104 e. The van der Waals surface area contributed by atoms with Gasteiger partial charge in [0.15, 0.2) is 0 Å². The van der Waals surface area contributed by atoms with Gasteiger partial charge in [0, 0.05) is 5.92 Å². The third kappa shape index (κ3) is 1.28. The fourth-order valence-corrected chi connectivity index (χ4v) is 1.30. The van der Waals surface area contributed by atoms with Gasteiger partial charge in [0.1, 0.15) is 5.83 Å². The first-order chi connectivity index (χ1) is 4.61. The fraction of sp³-hybridized carbons (Fsp3) is 0.556. The first-order valence-electron chi connectivity index (χ1n) is 3.66. The minimum Gasteiger partial charge on any atom is -0.211 e. The molecule has 0 aliphatic heterocycles. The second kappa shape index (κ2) is 2.57. The quantitative estimate of drug-likeness (QED) is 0.525. The number of hydrogen-bond acceptors (Lipinski definition) is 0. The number of halogens is 1. The highest BCUT2D eigenvalue weighted by atomic mass is 19.1. The topological polar surface area (TPSA) is 0 Å². The first-order valence-corrected chi connectivity index (χ1v) is 3.66. The minimum absolute atomic E-state index is 0.0139. The SMILES string of the molecule is C=C1C=C(F)C(C(C)C)C1. The molecule has 0 aromatic carbocycles. The van der Waals surface area contributed by atoms with Gasteiger partial charge in [0.25, 0.3) is 0 Å². The van der Waals surface area contributed by atoms with Crippen LogP contribution in [0.5, 0.6) is 0 Å². The summed E-state index contributed by atoms with van der Waals surface area (Å²) in [6.07, 6.45) is 2.37. The summed E-state index contributed by atoms with van der Waals surface area (Å²) in [7, 11) is 0. The van der Waals surface area contributed by atoms with Gasteiger partial charge in [-0.05, 0) is 18.4 Å². The molecule has 0 nitrogen and oxygen atoms in total. The van der Waals surface area contributed by atoms with Crippen LogP contribution in [0, 0.1) is 11.8 Å². The first kappa shape index (κ1) is 7.52. The highest BCUT2D eigenvalue weighted by Gasteiger charge is 2.24. The van der Waals surface area contributed by atoms with E-state index in [1.165, 1.54) is 0 Å². The van der Waals surface area contributed by atoms with Gasteiger partial charge in [-0.15, -0.1) is 0 Å². The molecule has 1 rings (SSSR count). The minimum atomic E-state index is 0.0139. The highest BCUT2D eigenvalue weighted by Crippen LogP contribution is 2.34. The third-order valence-corrected chi connectivity index (χ3v) is 1.98. The molecule has 0 N–H and O–H groups in total. The summed E-state index contributed by atoms with van der Waals surface area (Å²) < 4.78 is 12.9. The van der Waals surface area contributed by atoms with Crippen molar-refractivity contribution in [1.29, 1.82) is 0 Å². The van der Waals surface area contributed by atoms with E-state index in [-0.39, 0.29) is 11.7 Å². The molecule has 0 aromatic rings. The Morgan fingerprint density at radius 1 is 1.70 bits per heavy atom. The second-order valence-electron chi connectivity index (χ2n) is 3.24. The summed E-state index contributed by atoms with van der Waals surface area (Å²) >= 11 is 0. The third-order valence-electron chi connectivity index (χ3n) is 1.98. The Bertz CT molecular complexity index is 177. The largest absolute Gasteiger partial charge is 0.211 e. The summed E-state index contributed by atoms with van der Waals surface area (Å²) in [6.45, 7) is 7.80. The Morgan fingerprint density at radius 2 is 2.30 bits per heavy atom. The summed E-state index contributed by atoms with van der Waals surface area (Å²) in [5.41, 5.74) is 0.927. The average molecular weight is 140 g/mol. The van der Waals surface area contributed by atoms with Crippen LogP contribution in [0.25, 0.3) is 0 Å². The Morgan fingerprint density at radius 3 is 2.50 bits per heavy atom. The van der Waals surface area contributed by atoms with E-state index in [4.69, 9.17) is 0 Å². The van der Waals surface area contributed by atoms with Gasteiger partial charge < -0.3 is 0 Å². The van der Waals surface area contributed by atoms with E-state index in [0.29, 0.717) is 5.92 Å². The molecule has 0 saturated carbocycles. The lowest BCUT2D eigenvalue weighted by atomic mass is 9.94. The summed E-state index contributed by atoms with van der Waals surface area (Å²) in [4.78, 5) is 0. The molecule has 1 aliphatic carbocycles. The zero-order valence-electron chi connectivity index (χ0n) is 6.52. The average Bonchev–Trinajstić information content (AvgIpc) is 2.10. The predicted molar refractivity (Wildman–Crippen MR) is 41.3 cm³/mol. The van der Waals surface area contributed by atoms with Crippen molar-refractivity contribution >= 4 is 0 Å². The highest BCUT2D eigenvalue weighted by molar-refractivity contribution is 5.27. The molecule has 0 bridgehead atoms. The van der Waals surface area contributed by atoms with Gasteiger partial charge in [-0.2, -0.15) is 0 Å². The van der Waals surface area contributed by atoms with Crippen molar-refractivity contribution in [2.45, 2.75) is 20.3 Å². The second-order valence-corrected chi connectivity index (χ2v) is 3.24. The molecule has 1 heteroatoms. The van der Waals surface area contributed by atoms with Gasteiger partial charge in [-0.1, -0.05) is 26.0 Å². The molecule has 0 spiro atoms. The lowest BCUT2D eigenvalue weighted by Gasteiger charge is -2.12. The fourth-order valence-electron chi connectivity index (χ4n) is 1.30. The van der Waals surface area contributed by atoms with E-state index in [0.717, 1.165) is 12.0 Å². The molecule has 0 radical (unpaired) electrons. The lowest BCUT2D eigenvalue weighted by Crippen LogP contribution is -2.04. The maximum atomic E-state index is 12.9. The van der Waals surface area contributed by atoms with E-state index < -0.39 is 0 Å². The summed E-state index contributed by atoms with van der Waals surface area (Å²) in [6, 6.07) is 0. The Kier molecular flexibility index (Phi) is 1.93. The van der Waals surface area contributed by atoms with E-state index in [1.54, 1.807) is 6.08 Å². The van der Waals surface area contributed by atoms with Crippen LogP contribution in [-0.2, 0) is 0 Å². The van der Waals surface area contributed by atoms with Crippen LogP contribution < -0.4 is 0 Å². The van der Waals surface area contributed by atoms with Crippen molar-refractivity contribution in [2.24, 2.45) is 11.8 Å². The summed E-state index contributed by atoms with van der Waals surface area (Å²) in [5, 5.41) is 0. The van der Waals surface area contributed by atoms with Crippen molar-refractivity contribution in [3.63, 3.8) is 0 Å². The predicted octanol–water partition coefficient (Wildman–Crippen LogP) is 3.07. The molecule has 1 aliphatic rings. The smallest absolute Gasteiger partial charge is 0.104 e. The van der Waals surface area contributed by atoms with Crippen molar-refractivity contribution in [2.75, 3.05) is 0 Å². The van der Waals surface area contributed by atoms with Gasteiger partial charge >= 0.3 is 0 Å². The van der Waals surface area contributed by atoms with Crippen LogP contribution in [0.15, 0.2) is 24.1 Å². The molecule has 0 heterocycles. The standard InChI is InChI=1S/C9H13F/c1-6(2)8-4-7(3)5-9(8)10/h5-6,8H,3-4H2,1-2H3. The van der Waals surface area contributed by atoms with Gasteiger partial charge in [0.2, 0.25) is 0 Å². The zero-order valence-corrected chi connectivity index (χ0v) is 6.52. The van der Waals surface area contributed by atoms with E-state index in [2.05, 4.69) is 6.58 Å². The van der Waals surface area contributed by atoms with Crippen LogP contribution in [0.2, 0.25) is 0 Å². The number of hydrogen-bond donors (Lipinski definition) is 0. The molecule has 1 unspecified atom stereocenters. The zero-order chi connectivity index (χ0) is 7.72. The van der Waals surface area contributed by atoms with Crippen LogP contribution in [0.4, 0.5) is 4.39 Å². The number of rotatable bonds is 1. The molecule has 10 heavy (non-hydrogen) atoms. The van der Waals surface area contributed by atoms with Crippen LogP contribution in [-0.4, -0.2) is 0 Å². The lowest BCUT2D eigenvalue weighted by molar-refractivity contribution is 0.383. The number of allylic oxidation sites excluding steroid dienone is 3. The van der Waals surface area contributed by atoms with Crippen molar-refractivity contribution in [3.05, 3.63) is 24.1 Å². The van der Waals surface area contributed by atoms with Crippen molar-refractivity contribution < 1.29 is 4.39 Å². The van der Waals surface area contributed by atoms with Crippen LogP contribution in [0.3, 0.4) is 0 Å². The Balaban J connectivity index is 2.68. The van der Waals surface area contributed by atoms with Crippen LogP contribution in [0.1, 0.15) is 20.3 Å². The molecule has 0 saturated heterocycles. The van der Waals surface area contributed by atoms with Gasteiger partial charge in [-0.25, -0.2) is 4.39 Å². The molecule has 0 aromatic heterocycles. The molecular formula is C9H13F.